The molecule has 1 aliphatic rings. The van der Waals surface area contributed by atoms with E-state index in [1.165, 1.54) is 6.42 Å². The highest BCUT2D eigenvalue weighted by Crippen LogP contribution is 2.45. The molecule has 0 bridgehead atoms. The highest BCUT2D eigenvalue weighted by molar-refractivity contribution is 5.81. The Kier molecular flexibility index (Phi) is 6.06. The van der Waals surface area contributed by atoms with Gasteiger partial charge in [0.1, 0.15) is 5.54 Å². The predicted octanol–water partition coefficient (Wildman–Crippen LogP) is 3.91. The monoisotopic (exact) mass is 283 g/mol. The van der Waals surface area contributed by atoms with Crippen molar-refractivity contribution in [3.63, 3.8) is 0 Å². The van der Waals surface area contributed by atoms with E-state index in [1.807, 2.05) is 6.92 Å². The number of ether oxygens (including phenoxy) is 1. The first-order valence-corrected chi connectivity index (χ1v) is 8.22. The molecule has 1 fully saturated rings. The minimum Gasteiger partial charge on any atom is -0.465 e. The van der Waals surface area contributed by atoms with Gasteiger partial charge in [-0.1, -0.05) is 40.5 Å². The molecule has 3 atom stereocenters. The fourth-order valence-corrected chi connectivity index (χ4v) is 3.62. The zero-order valence-corrected chi connectivity index (χ0v) is 14.2. The topological polar surface area (TPSA) is 38.3 Å². The van der Waals surface area contributed by atoms with Gasteiger partial charge in [-0.3, -0.25) is 10.1 Å². The number of esters is 1. The highest BCUT2D eigenvalue weighted by atomic mass is 16.5. The lowest BCUT2D eigenvalue weighted by Crippen LogP contribution is -2.64. The van der Waals surface area contributed by atoms with Crippen molar-refractivity contribution in [1.82, 2.24) is 5.32 Å². The zero-order valence-electron chi connectivity index (χ0n) is 14.2. The van der Waals surface area contributed by atoms with E-state index in [1.54, 1.807) is 0 Å². The van der Waals surface area contributed by atoms with Crippen LogP contribution in [0.15, 0.2) is 0 Å². The van der Waals surface area contributed by atoms with Crippen LogP contribution in [0.2, 0.25) is 0 Å². The number of hydrogen-bond acceptors (Lipinski definition) is 3. The van der Waals surface area contributed by atoms with Crippen molar-refractivity contribution in [3.05, 3.63) is 0 Å². The van der Waals surface area contributed by atoms with E-state index in [4.69, 9.17) is 4.74 Å². The van der Waals surface area contributed by atoms with Crippen molar-refractivity contribution in [2.24, 2.45) is 11.3 Å². The Hall–Kier alpha value is -0.570. The smallest absolute Gasteiger partial charge is 0.326 e. The first-order chi connectivity index (χ1) is 9.28. The molecule has 0 heterocycles. The zero-order chi connectivity index (χ0) is 15.4. The van der Waals surface area contributed by atoms with Crippen LogP contribution in [0.5, 0.6) is 0 Å². The molecule has 0 spiro atoms. The summed E-state index contributed by atoms with van der Waals surface area (Å²) < 4.78 is 5.45. The molecule has 3 heteroatoms. The second-order valence-electron chi connectivity index (χ2n) is 7.31. The van der Waals surface area contributed by atoms with Crippen LogP contribution >= 0.6 is 0 Å². The van der Waals surface area contributed by atoms with E-state index >= 15 is 0 Å². The molecule has 0 saturated heterocycles. The first-order valence-electron chi connectivity index (χ1n) is 8.22. The summed E-state index contributed by atoms with van der Waals surface area (Å²) in [6.45, 7) is 13.4. The maximum Gasteiger partial charge on any atom is 0.326 e. The van der Waals surface area contributed by atoms with Gasteiger partial charge in [0.05, 0.1) is 6.61 Å². The third kappa shape index (κ3) is 3.75. The second kappa shape index (κ2) is 6.93. The van der Waals surface area contributed by atoms with Gasteiger partial charge in [0.15, 0.2) is 0 Å². The van der Waals surface area contributed by atoms with Crippen molar-refractivity contribution in [1.29, 1.82) is 0 Å². The summed E-state index contributed by atoms with van der Waals surface area (Å²) in [6.07, 6.45) is 5.35. The largest absolute Gasteiger partial charge is 0.465 e. The molecule has 118 valence electrons. The van der Waals surface area contributed by atoms with Gasteiger partial charge in [-0.2, -0.15) is 0 Å². The summed E-state index contributed by atoms with van der Waals surface area (Å²) in [5, 5.41) is 3.65. The van der Waals surface area contributed by atoms with Gasteiger partial charge in [0.2, 0.25) is 0 Å². The average molecular weight is 283 g/mol. The fraction of sp³-hybridized carbons (Fsp3) is 0.941. The van der Waals surface area contributed by atoms with Crippen LogP contribution in [-0.2, 0) is 9.53 Å². The summed E-state index contributed by atoms with van der Waals surface area (Å²) in [6, 6.07) is 0.336. The van der Waals surface area contributed by atoms with Crippen LogP contribution in [0.4, 0.5) is 0 Å². The number of nitrogens with one attached hydrogen (secondary N) is 1. The molecule has 0 amide bonds. The first kappa shape index (κ1) is 17.5. The fourth-order valence-electron chi connectivity index (χ4n) is 3.62. The summed E-state index contributed by atoms with van der Waals surface area (Å²) >= 11 is 0. The number of carbonyl (C=O) groups excluding carboxylic acids is 1. The molecule has 1 N–H and O–H groups in total. The molecule has 0 radical (unpaired) electrons. The van der Waals surface area contributed by atoms with Gasteiger partial charge in [-0.05, 0) is 44.4 Å². The second-order valence-corrected chi connectivity index (χ2v) is 7.31. The van der Waals surface area contributed by atoms with Gasteiger partial charge in [-0.15, -0.1) is 0 Å². The average Bonchev–Trinajstić information content (AvgIpc) is 2.38. The van der Waals surface area contributed by atoms with E-state index in [2.05, 4.69) is 39.9 Å². The Morgan fingerprint density at radius 1 is 1.35 bits per heavy atom. The molecule has 0 aromatic heterocycles. The molecule has 1 rings (SSSR count). The lowest BCUT2D eigenvalue weighted by Gasteiger charge is -2.49. The third-order valence-electron chi connectivity index (χ3n) is 4.71. The van der Waals surface area contributed by atoms with Crippen molar-refractivity contribution in [3.8, 4) is 0 Å². The Morgan fingerprint density at radius 2 is 2.00 bits per heavy atom. The van der Waals surface area contributed by atoms with Gasteiger partial charge in [0, 0.05) is 6.04 Å². The van der Waals surface area contributed by atoms with E-state index in [0.29, 0.717) is 18.6 Å². The Morgan fingerprint density at radius 3 is 2.50 bits per heavy atom. The SMILES string of the molecule is CCOC(=O)C1(NC(C)CC)CCCCC1C(C)(C)C. The van der Waals surface area contributed by atoms with Crippen LogP contribution in [-0.4, -0.2) is 24.2 Å². The number of rotatable bonds is 5. The normalized spacial score (nSPS) is 29.0. The standard InChI is InChI=1S/C17H33NO2/c1-7-13(3)18-17(15(19)20-8-2)12-10-9-11-14(17)16(4,5)6/h13-14,18H,7-12H2,1-6H3. The quantitative estimate of drug-likeness (QED) is 0.777. The lowest BCUT2D eigenvalue weighted by molar-refractivity contribution is -0.159. The molecule has 0 aromatic carbocycles. The summed E-state index contributed by atoms with van der Waals surface area (Å²) in [5.74, 6) is 0.289. The molecular weight excluding hydrogens is 250 g/mol. The van der Waals surface area contributed by atoms with E-state index < -0.39 is 5.54 Å². The third-order valence-corrected chi connectivity index (χ3v) is 4.71. The summed E-state index contributed by atoms with van der Waals surface area (Å²) in [7, 11) is 0. The molecule has 1 aliphatic carbocycles. The molecule has 3 nitrogen and oxygen atoms in total. The van der Waals surface area contributed by atoms with Crippen molar-refractivity contribution < 1.29 is 9.53 Å². The van der Waals surface area contributed by atoms with E-state index in [9.17, 15) is 4.79 Å². The molecule has 0 aliphatic heterocycles. The van der Waals surface area contributed by atoms with Crippen LogP contribution in [0, 0.1) is 11.3 Å². The Labute approximate surface area is 124 Å². The molecule has 3 unspecified atom stereocenters. The van der Waals surface area contributed by atoms with Crippen LogP contribution in [0.1, 0.15) is 73.6 Å². The van der Waals surface area contributed by atoms with Crippen molar-refractivity contribution in [2.45, 2.75) is 85.2 Å². The van der Waals surface area contributed by atoms with Crippen molar-refractivity contribution in [2.75, 3.05) is 6.61 Å². The lowest BCUT2D eigenvalue weighted by atomic mass is 9.61. The minimum absolute atomic E-state index is 0.0417. The minimum atomic E-state index is -0.498. The van der Waals surface area contributed by atoms with Crippen LogP contribution < -0.4 is 5.32 Å². The maximum atomic E-state index is 12.7. The van der Waals surface area contributed by atoms with Gasteiger partial charge < -0.3 is 4.74 Å². The maximum absolute atomic E-state index is 12.7. The van der Waals surface area contributed by atoms with E-state index in [0.717, 1.165) is 25.7 Å². The Bertz CT molecular complexity index is 321. The summed E-state index contributed by atoms with van der Waals surface area (Å²) in [4.78, 5) is 12.7. The highest BCUT2D eigenvalue weighted by Gasteiger charge is 2.52. The molecule has 0 aromatic rings. The van der Waals surface area contributed by atoms with Crippen LogP contribution in [0.25, 0.3) is 0 Å². The predicted molar refractivity (Wildman–Crippen MR) is 83.7 cm³/mol. The van der Waals surface area contributed by atoms with Gasteiger partial charge in [0.25, 0.3) is 0 Å². The molecule has 1 saturated carbocycles. The van der Waals surface area contributed by atoms with Crippen molar-refractivity contribution >= 4 is 5.97 Å². The van der Waals surface area contributed by atoms with Gasteiger partial charge in [-0.25, -0.2) is 0 Å². The number of carbonyl (C=O) groups is 1. The summed E-state index contributed by atoms with van der Waals surface area (Å²) in [5.41, 5.74) is -0.393. The van der Waals surface area contributed by atoms with E-state index in [-0.39, 0.29) is 11.4 Å². The Balaban J connectivity index is 3.13. The van der Waals surface area contributed by atoms with Gasteiger partial charge >= 0.3 is 5.97 Å². The molecule has 20 heavy (non-hydrogen) atoms. The molecular formula is C17H33NO2. The van der Waals surface area contributed by atoms with Crippen LogP contribution in [0.3, 0.4) is 0 Å². The number of hydrogen-bond donors (Lipinski definition) is 1.